The molecule has 1 unspecified atom stereocenters. The first-order valence-corrected chi connectivity index (χ1v) is 7.96. The van der Waals surface area contributed by atoms with Crippen LogP contribution in [-0.4, -0.2) is 52.3 Å². The number of nitrogens with one attached hydrogen (secondary N) is 2. The molecule has 1 fully saturated rings. The summed E-state index contributed by atoms with van der Waals surface area (Å²) in [6, 6.07) is 0.153. The van der Waals surface area contributed by atoms with Crippen molar-refractivity contribution in [3.63, 3.8) is 0 Å². The summed E-state index contributed by atoms with van der Waals surface area (Å²) in [5.74, 6) is 1.03. The third-order valence-corrected chi connectivity index (χ3v) is 4.23. The quantitative estimate of drug-likeness (QED) is 0.811. The Labute approximate surface area is 142 Å². The van der Waals surface area contributed by atoms with Gasteiger partial charge < -0.3 is 20.1 Å². The largest absolute Gasteiger partial charge is 0.472 e. The van der Waals surface area contributed by atoms with E-state index in [1.54, 1.807) is 0 Å². The second kappa shape index (κ2) is 6.06. The average Bonchev–Trinajstić information content (AvgIpc) is 2.79. The minimum atomic E-state index is -1.23. The predicted molar refractivity (Wildman–Crippen MR) is 86.0 cm³/mol. The smallest absolute Gasteiger partial charge is 0.257 e. The number of halogens is 2. The summed E-state index contributed by atoms with van der Waals surface area (Å²) < 4.78 is 26.7. The molecule has 2 aromatic heterocycles. The zero-order valence-electron chi connectivity index (χ0n) is 12.9. The number of alkyl halides is 1. The van der Waals surface area contributed by atoms with E-state index in [4.69, 9.17) is 21.1 Å². The Hall–Kier alpha value is -2.13. The molecular formula is C14H16ClFN6O2. The van der Waals surface area contributed by atoms with Crippen LogP contribution < -0.4 is 15.4 Å². The Morgan fingerprint density at radius 1 is 1.38 bits per heavy atom. The maximum absolute atomic E-state index is 14.0. The molecule has 1 saturated heterocycles. The number of rotatable bonds is 1. The Bertz CT molecular complexity index is 766. The molecule has 0 saturated carbocycles. The molecule has 2 aliphatic rings. The molecule has 10 heteroatoms. The summed E-state index contributed by atoms with van der Waals surface area (Å²) in [7, 11) is 0. The topological polar surface area (TPSA) is 86.1 Å². The molecule has 128 valence electrons. The van der Waals surface area contributed by atoms with Crippen LogP contribution in [0, 0.1) is 6.92 Å². The lowest BCUT2D eigenvalue weighted by Gasteiger charge is -2.27. The number of hydrogen-bond donors (Lipinski definition) is 2. The fraction of sp³-hybridized carbons (Fsp3) is 0.500. The minimum Gasteiger partial charge on any atom is -0.472 e. The number of aromatic nitrogens is 4. The molecule has 2 bridgehead atoms. The van der Waals surface area contributed by atoms with Crippen molar-refractivity contribution in [3.8, 4) is 5.88 Å². The van der Waals surface area contributed by atoms with Crippen LogP contribution in [0.15, 0.2) is 6.20 Å². The minimum absolute atomic E-state index is 0.0294. The van der Waals surface area contributed by atoms with Gasteiger partial charge in [-0.25, -0.2) is 9.37 Å². The SMILES string of the molecule is Cc1c2c(nn1C1COC1)OCC(F)CNc1nc(ncc1Cl)N2. The van der Waals surface area contributed by atoms with Crippen LogP contribution >= 0.6 is 11.6 Å². The summed E-state index contributed by atoms with van der Waals surface area (Å²) in [4.78, 5) is 8.44. The number of nitrogens with zero attached hydrogens (tertiary/aromatic N) is 4. The van der Waals surface area contributed by atoms with E-state index in [0.717, 1.165) is 5.69 Å². The van der Waals surface area contributed by atoms with Crippen molar-refractivity contribution < 1.29 is 13.9 Å². The molecular weight excluding hydrogens is 339 g/mol. The highest BCUT2D eigenvalue weighted by Gasteiger charge is 2.28. The van der Waals surface area contributed by atoms with Gasteiger partial charge in [0.1, 0.15) is 17.3 Å². The molecule has 4 heterocycles. The lowest BCUT2D eigenvalue weighted by molar-refractivity contribution is -0.0299. The first kappa shape index (κ1) is 15.4. The van der Waals surface area contributed by atoms with Gasteiger partial charge in [0.15, 0.2) is 12.0 Å². The van der Waals surface area contributed by atoms with Crippen molar-refractivity contribution in [2.45, 2.75) is 19.1 Å². The van der Waals surface area contributed by atoms with Gasteiger partial charge in [0.2, 0.25) is 5.95 Å². The summed E-state index contributed by atoms with van der Waals surface area (Å²) in [5.41, 5.74) is 1.46. The van der Waals surface area contributed by atoms with Crippen molar-refractivity contribution in [1.29, 1.82) is 0 Å². The van der Waals surface area contributed by atoms with Gasteiger partial charge >= 0.3 is 0 Å². The molecule has 0 amide bonds. The average molecular weight is 355 g/mol. The standard InChI is InChI=1S/C14H16ClFN6O2/c1-7-11-13(21-22(7)9-5-23-6-9)24-4-8(16)2-17-12-10(15)3-18-14(19-11)20-12/h3,8-9H,2,4-6H2,1H3,(H2,17,18,19,20). The molecule has 2 N–H and O–H groups in total. The van der Waals surface area contributed by atoms with Crippen LogP contribution in [0.1, 0.15) is 11.7 Å². The number of fused-ring (bicyclic) bond motifs is 3. The highest BCUT2D eigenvalue weighted by molar-refractivity contribution is 6.32. The molecule has 0 spiro atoms. The van der Waals surface area contributed by atoms with E-state index in [-0.39, 0.29) is 19.2 Å². The Morgan fingerprint density at radius 2 is 2.21 bits per heavy atom. The van der Waals surface area contributed by atoms with Gasteiger partial charge in [0.05, 0.1) is 37.7 Å². The van der Waals surface area contributed by atoms with Gasteiger partial charge in [-0.15, -0.1) is 5.10 Å². The molecule has 0 aromatic carbocycles. The van der Waals surface area contributed by atoms with E-state index in [1.807, 2.05) is 11.6 Å². The highest BCUT2D eigenvalue weighted by atomic mass is 35.5. The molecule has 2 aromatic rings. The van der Waals surface area contributed by atoms with Gasteiger partial charge in [-0.1, -0.05) is 11.6 Å². The summed E-state index contributed by atoms with van der Waals surface area (Å²) in [5, 5.41) is 10.7. The maximum atomic E-state index is 14.0. The van der Waals surface area contributed by atoms with Crippen molar-refractivity contribution in [3.05, 3.63) is 16.9 Å². The highest BCUT2D eigenvalue weighted by Crippen LogP contribution is 2.34. The second-order valence-corrected chi connectivity index (χ2v) is 6.11. The predicted octanol–water partition coefficient (Wildman–Crippen LogP) is 2.09. The first-order valence-electron chi connectivity index (χ1n) is 7.59. The normalized spacial score (nSPS) is 20.7. The maximum Gasteiger partial charge on any atom is 0.257 e. The Balaban J connectivity index is 1.75. The van der Waals surface area contributed by atoms with E-state index in [0.29, 0.717) is 41.6 Å². The third-order valence-electron chi connectivity index (χ3n) is 3.96. The molecule has 24 heavy (non-hydrogen) atoms. The van der Waals surface area contributed by atoms with Crippen LogP contribution in [0.25, 0.3) is 0 Å². The van der Waals surface area contributed by atoms with Crippen LogP contribution in [0.4, 0.5) is 21.8 Å². The fourth-order valence-corrected chi connectivity index (χ4v) is 2.71. The van der Waals surface area contributed by atoms with Crippen LogP contribution in [0.2, 0.25) is 5.02 Å². The van der Waals surface area contributed by atoms with Crippen LogP contribution in [-0.2, 0) is 4.74 Å². The zero-order chi connectivity index (χ0) is 16.7. The van der Waals surface area contributed by atoms with Crippen molar-refractivity contribution >= 4 is 29.1 Å². The second-order valence-electron chi connectivity index (χ2n) is 5.71. The summed E-state index contributed by atoms with van der Waals surface area (Å²) in [6.07, 6.45) is 0.229. The summed E-state index contributed by atoms with van der Waals surface area (Å²) >= 11 is 6.04. The van der Waals surface area contributed by atoms with Gasteiger partial charge in [-0.05, 0) is 6.92 Å². The lowest BCUT2D eigenvalue weighted by atomic mass is 10.2. The molecule has 0 aliphatic carbocycles. The fourth-order valence-electron chi connectivity index (χ4n) is 2.56. The van der Waals surface area contributed by atoms with Crippen LogP contribution in [0.3, 0.4) is 0 Å². The van der Waals surface area contributed by atoms with E-state index in [9.17, 15) is 4.39 Å². The summed E-state index contributed by atoms with van der Waals surface area (Å²) in [6.45, 7) is 3.00. The van der Waals surface area contributed by atoms with Crippen molar-refractivity contribution in [1.82, 2.24) is 19.7 Å². The lowest BCUT2D eigenvalue weighted by Crippen LogP contribution is -2.32. The van der Waals surface area contributed by atoms with Crippen molar-refractivity contribution in [2.75, 3.05) is 37.0 Å². The molecule has 2 aliphatic heterocycles. The zero-order valence-corrected chi connectivity index (χ0v) is 13.7. The third kappa shape index (κ3) is 2.73. The van der Waals surface area contributed by atoms with Gasteiger partial charge in [-0.2, -0.15) is 4.98 Å². The number of hydrogen-bond acceptors (Lipinski definition) is 7. The van der Waals surface area contributed by atoms with Crippen molar-refractivity contribution in [2.24, 2.45) is 0 Å². The van der Waals surface area contributed by atoms with Gasteiger partial charge in [-0.3, -0.25) is 4.68 Å². The molecule has 1 atom stereocenters. The number of ether oxygens (including phenoxy) is 2. The van der Waals surface area contributed by atoms with Gasteiger partial charge in [0, 0.05) is 0 Å². The first-order chi connectivity index (χ1) is 11.6. The van der Waals surface area contributed by atoms with E-state index >= 15 is 0 Å². The molecule has 0 radical (unpaired) electrons. The van der Waals surface area contributed by atoms with E-state index in [1.165, 1.54) is 6.20 Å². The van der Waals surface area contributed by atoms with Crippen LogP contribution in [0.5, 0.6) is 5.88 Å². The van der Waals surface area contributed by atoms with Gasteiger partial charge in [0.25, 0.3) is 5.88 Å². The molecule has 8 nitrogen and oxygen atoms in total. The number of anilines is 3. The monoisotopic (exact) mass is 354 g/mol. The Kier molecular flexibility index (Phi) is 3.89. The van der Waals surface area contributed by atoms with E-state index in [2.05, 4.69) is 25.7 Å². The van der Waals surface area contributed by atoms with E-state index < -0.39 is 6.17 Å². The molecule has 4 rings (SSSR count). The Morgan fingerprint density at radius 3 is 2.96 bits per heavy atom.